The van der Waals surface area contributed by atoms with Crippen molar-refractivity contribution in [3.63, 3.8) is 0 Å². The molecule has 1 saturated heterocycles. The van der Waals surface area contributed by atoms with Crippen LogP contribution in [-0.2, 0) is 4.79 Å². The summed E-state index contributed by atoms with van der Waals surface area (Å²) in [7, 11) is 0. The average molecular weight is 227 g/mol. The lowest BCUT2D eigenvalue weighted by Crippen LogP contribution is -2.40. The Kier molecular flexibility index (Phi) is 5.77. The van der Waals surface area contributed by atoms with E-state index >= 15 is 0 Å². The predicted molar refractivity (Wildman–Crippen MR) is 66.1 cm³/mol. The predicted octanol–water partition coefficient (Wildman–Crippen LogP) is 0.572. The van der Waals surface area contributed by atoms with Crippen LogP contribution in [0, 0.1) is 5.92 Å². The van der Waals surface area contributed by atoms with Crippen LogP contribution < -0.4 is 11.1 Å². The van der Waals surface area contributed by atoms with Gasteiger partial charge in [-0.05, 0) is 45.7 Å². The lowest BCUT2D eigenvalue weighted by molar-refractivity contribution is -0.122. The highest BCUT2D eigenvalue weighted by Crippen LogP contribution is 2.15. The van der Waals surface area contributed by atoms with Gasteiger partial charge in [-0.15, -0.1) is 0 Å². The third kappa shape index (κ3) is 4.94. The third-order valence-electron chi connectivity index (χ3n) is 3.04. The molecule has 4 heteroatoms. The summed E-state index contributed by atoms with van der Waals surface area (Å²) >= 11 is 0. The van der Waals surface area contributed by atoms with Gasteiger partial charge in [-0.1, -0.05) is 0 Å². The molecule has 4 nitrogen and oxygen atoms in total. The summed E-state index contributed by atoms with van der Waals surface area (Å²) < 4.78 is 0. The van der Waals surface area contributed by atoms with Crippen LogP contribution >= 0.6 is 0 Å². The number of carbonyl (C=O) groups is 1. The Balaban J connectivity index is 2.19. The van der Waals surface area contributed by atoms with Crippen molar-refractivity contribution >= 4 is 5.91 Å². The summed E-state index contributed by atoms with van der Waals surface area (Å²) in [6, 6.07) is 0.241. The minimum absolute atomic E-state index is 0.157. The first-order chi connectivity index (χ1) is 7.61. The smallest absolute Gasteiger partial charge is 0.221 e. The van der Waals surface area contributed by atoms with Crippen LogP contribution in [0.3, 0.4) is 0 Å². The maximum atomic E-state index is 11.5. The first-order valence-electron chi connectivity index (χ1n) is 6.33. The number of hydrogen-bond acceptors (Lipinski definition) is 3. The van der Waals surface area contributed by atoms with Gasteiger partial charge in [-0.3, -0.25) is 4.79 Å². The molecule has 1 rings (SSSR count). The number of likely N-dealkylation sites (tertiary alicyclic amines) is 1. The lowest BCUT2D eigenvalue weighted by Gasteiger charge is -2.31. The molecule has 0 bridgehead atoms. The maximum Gasteiger partial charge on any atom is 0.221 e. The van der Waals surface area contributed by atoms with Gasteiger partial charge in [0, 0.05) is 25.6 Å². The highest BCUT2D eigenvalue weighted by Gasteiger charge is 2.18. The normalized spacial score (nSPS) is 22.4. The number of amides is 1. The Morgan fingerprint density at radius 3 is 2.94 bits per heavy atom. The fourth-order valence-corrected chi connectivity index (χ4v) is 2.20. The number of hydrogen-bond donors (Lipinski definition) is 2. The number of piperidine rings is 1. The van der Waals surface area contributed by atoms with Crippen molar-refractivity contribution in [3.05, 3.63) is 0 Å². The van der Waals surface area contributed by atoms with E-state index < -0.39 is 0 Å². The van der Waals surface area contributed by atoms with E-state index in [-0.39, 0.29) is 11.9 Å². The summed E-state index contributed by atoms with van der Waals surface area (Å²) in [5, 5.41) is 2.92. The van der Waals surface area contributed by atoms with Crippen LogP contribution in [0.15, 0.2) is 0 Å². The molecule has 1 unspecified atom stereocenters. The zero-order valence-corrected chi connectivity index (χ0v) is 10.5. The molecule has 0 radical (unpaired) electrons. The molecule has 1 heterocycles. The molecular weight excluding hydrogens is 202 g/mol. The van der Waals surface area contributed by atoms with E-state index in [4.69, 9.17) is 5.73 Å². The molecule has 1 fully saturated rings. The van der Waals surface area contributed by atoms with Crippen molar-refractivity contribution in [1.29, 1.82) is 0 Å². The van der Waals surface area contributed by atoms with E-state index in [0.717, 1.165) is 26.2 Å². The molecule has 1 atom stereocenters. The molecule has 1 aliphatic heterocycles. The van der Waals surface area contributed by atoms with Gasteiger partial charge >= 0.3 is 0 Å². The standard InChI is InChI=1S/C12H25N3O/c1-10(2)14-12(16)5-7-15-6-3-4-11(8-13)9-15/h10-11H,3-9,13H2,1-2H3,(H,14,16). The Hall–Kier alpha value is -0.610. The molecular formula is C12H25N3O. The molecule has 0 spiro atoms. The second-order valence-electron chi connectivity index (χ2n) is 5.02. The van der Waals surface area contributed by atoms with E-state index in [9.17, 15) is 4.79 Å². The zero-order chi connectivity index (χ0) is 12.0. The average Bonchev–Trinajstić information content (AvgIpc) is 2.26. The Labute approximate surface area is 98.6 Å². The first-order valence-corrected chi connectivity index (χ1v) is 6.33. The second kappa shape index (κ2) is 6.86. The number of rotatable bonds is 5. The number of nitrogens with two attached hydrogens (primary N) is 1. The Morgan fingerprint density at radius 1 is 1.56 bits per heavy atom. The van der Waals surface area contributed by atoms with Crippen molar-refractivity contribution in [1.82, 2.24) is 10.2 Å². The highest BCUT2D eigenvalue weighted by atomic mass is 16.1. The summed E-state index contributed by atoms with van der Waals surface area (Å²) in [5.74, 6) is 0.784. The Bertz CT molecular complexity index is 218. The third-order valence-corrected chi connectivity index (χ3v) is 3.04. The first kappa shape index (κ1) is 13.5. The van der Waals surface area contributed by atoms with Crippen LogP contribution in [0.4, 0.5) is 0 Å². The van der Waals surface area contributed by atoms with Gasteiger partial charge in [0.25, 0.3) is 0 Å². The maximum absolute atomic E-state index is 11.5. The van der Waals surface area contributed by atoms with E-state index in [2.05, 4.69) is 10.2 Å². The molecule has 0 saturated carbocycles. The van der Waals surface area contributed by atoms with Crippen molar-refractivity contribution in [3.8, 4) is 0 Å². The zero-order valence-electron chi connectivity index (χ0n) is 10.5. The number of carbonyl (C=O) groups excluding carboxylic acids is 1. The van der Waals surface area contributed by atoms with Crippen LogP contribution in [0.5, 0.6) is 0 Å². The largest absolute Gasteiger partial charge is 0.354 e. The molecule has 0 aromatic rings. The van der Waals surface area contributed by atoms with Crippen LogP contribution in [0.25, 0.3) is 0 Å². The molecule has 0 aliphatic carbocycles. The van der Waals surface area contributed by atoms with Crippen LogP contribution in [0.1, 0.15) is 33.1 Å². The van der Waals surface area contributed by atoms with Gasteiger partial charge in [-0.25, -0.2) is 0 Å². The molecule has 0 aromatic heterocycles. The van der Waals surface area contributed by atoms with E-state index in [1.807, 2.05) is 13.8 Å². The molecule has 94 valence electrons. The number of nitrogens with zero attached hydrogens (tertiary/aromatic N) is 1. The Morgan fingerprint density at radius 2 is 2.31 bits per heavy atom. The highest BCUT2D eigenvalue weighted by molar-refractivity contribution is 5.76. The van der Waals surface area contributed by atoms with Crippen molar-refractivity contribution in [2.24, 2.45) is 11.7 Å². The summed E-state index contributed by atoms with van der Waals surface area (Å²) in [5.41, 5.74) is 5.68. The van der Waals surface area contributed by atoms with E-state index in [1.165, 1.54) is 12.8 Å². The van der Waals surface area contributed by atoms with Gasteiger partial charge in [-0.2, -0.15) is 0 Å². The number of nitrogens with one attached hydrogen (secondary N) is 1. The SMILES string of the molecule is CC(C)NC(=O)CCN1CCCC(CN)C1. The minimum atomic E-state index is 0.157. The molecule has 3 N–H and O–H groups in total. The summed E-state index contributed by atoms with van der Waals surface area (Å²) in [6.45, 7) is 7.80. The molecule has 16 heavy (non-hydrogen) atoms. The van der Waals surface area contributed by atoms with Gasteiger partial charge < -0.3 is 16.0 Å². The van der Waals surface area contributed by atoms with Crippen LogP contribution in [-0.4, -0.2) is 43.0 Å². The minimum Gasteiger partial charge on any atom is -0.354 e. The fourth-order valence-electron chi connectivity index (χ4n) is 2.20. The lowest BCUT2D eigenvalue weighted by atomic mass is 9.98. The van der Waals surface area contributed by atoms with Gasteiger partial charge in [0.15, 0.2) is 0 Å². The fraction of sp³-hybridized carbons (Fsp3) is 0.917. The van der Waals surface area contributed by atoms with Crippen LogP contribution in [0.2, 0.25) is 0 Å². The van der Waals surface area contributed by atoms with Crippen molar-refractivity contribution in [2.45, 2.75) is 39.2 Å². The van der Waals surface area contributed by atoms with Gasteiger partial charge in [0.2, 0.25) is 5.91 Å². The van der Waals surface area contributed by atoms with Gasteiger partial charge in [0.1, 0.15) is 0 Å². The molecule has 0 aromatic carbocycles. The van der Waals surface area contributed by atoms with E-state index in [1.54, 1.807) is 0 Å². The monoisotopic (exact) mass is 227 g/mol. The van der Waals surface area contributed by atoms with E-state index in [0.29, 0.717) is 12.3 Å². The quantitative estimate of drug-likeness (QED) is 0.722. The second-order valence-corrected chi connectivity index (χ2v) is 5.02. The summed E-state index contributed by atoms with van der Waals surface area (Å²) in [4.78, 5) is 13.8. The summed E-state index contributed by atoms with van der Waals surface area (Å²) in [6.07, 6.45) is 3.06. The topological polar surface area (TPSA) is 58.4 Å². The van der Waals surface area contributed by atoms with Gasteiger partial charge in [0.05, 0.1) is 0 Å². The molecule has 1 aliphatic rings. The van der Waals surface area contributed by atoms with Crippen molar-refractivity contribution < 1.29 is 4.79 Å². The molecule has 1 amide bonds. The van der Waals surface area contributed by atoms with Crippen molar-refractivity contribution in [2.75, 3.05) is 26.2 Å².